The zero-order chi connectivity index (χ0) is 33.9. The van der Waals surface area contributed by atoms with Crippen LogP contribution in [0.25, 0.3) is 0 Å². The molecular weight excluding hydrogens is 594 g/mol. The van der Waals surface area contributed by atoms with Gasteiger partial charge in [-0.15, -0.1) is 0 Å². The number of anilines is 1. The molecule has 1 heterocycles. The summed E-state index contributed by atoms with van der Waals surface area (Å²) in [6.45, 7) is 9.95. The first-order valence-electron chi connectivity index (χ1n) is 14.8. The average Bonchev–Trinajstić information content (AvgIpc) is 3.43. The van der Waals surface area contributed by atoms with Crippen molar-refractivity contribution in [3.05, 3.63) is 78.2 Å². The number of imidazole rings is 1. The number of nitrogens with zero attached hydrogens (tertiary/aromatic N) is 2. The first-order chi connectivity index (χ1) is 21.7. The second-order valence-electron chi connectivity index (χ2n) is 11.9. The minimum atomic E-state index is -1.44. The Morgan fingerprint density at radius 2 is 1.63 bits per heavy atom. The number of benzene rings is 2. The average molecular weight is 638 g/mol. The number of esters is 1. The van der Waals surface area contributed by atoms with Crippen molar-refractivity contribution in [1.82, 2.24) is 20.2 Å². The van der Waals surface area contributed by atoms with Crippen molar-refractivity contribution in [2.24, 2.45) is 0 Å². The minimum Gasteiger partial charge on any atom is -0.496 e. The van der Waals surface area contributed by atoms with Gasteiger partial charge in [0.2, 0.25) is 5.91 Å². The lowest BCUT2D eigenvalue weighted by molar-refractivity contribution is -0.145. The topological polar surface area (TPSA) is 159 Å². The minimum absolute atomic E-state index is 0.114. The standard InChI is InChI=1S/C33H43N5O8/c1-8-45-29(40)27(23-16-12-13-17-25(23)43-7)38-18-26(34-21-38)36-28(39)24(20-44-19-22-14-10-9-11-15-22)35-30(41)33(5,6)37-31(42)46-32(2,3)4/h9-18,21,24,27H,8,19-20H2,1-7H3,(H,35,41)(H,36,39)(H,37,42)/t24-,27?/m1/s1. The number of amides is 3. The maximum atomic E-state index is 13.5. The largest absolute Gasteiger partial charge is 0.496 e. The van der Waals surface area contributed by atoms with E-state index < -0.39 is 47.1 Å². The third kappa shape index (κ3) is 10.3. The number of carbonyl (C=O) groups is 4. The lowest BCUT2D eigenvalue weighted by atomic mass is 10.0. The summed E-state index contributed by atoms with van der Waals surface area (Å²) >= 11 is 0. The van der Waals surface area contributed by atoms with Gasteiger partial charge >= 0.3 is 12.1 Å². The van der Waals surface area contributed by atoms with Crippen LogP contribution in [0.5, 0.6) is 5.75 Å². The third-order valence-electron chi connectivity index (χ3n) is 6.49. The Labute approximate surface area is 269 Å². The second-order valence-corrected chi connectivity index (χ2v) is 11.9. The van der Waals surface area contributed by atoms with Crippen LogP contribution in [0.2, 0.25) is 0 Å². The van der Waals surface area contributed by atoms with Crippen molar-refractivity contribution in [1.29, 1.82) is 0 Å². The molecule has 2 aromatic carbocycles. The summed E-state index contributed by atoms with van der Waals surface area (Å²) < 4.78 is 23.4. The number of nitrogens with one attached hydrogen (secondary N) is 3. The summed E-state index contributed by atoms with van der Waals surface area (Å²) in [7, 11) is 1.50. The van der Waals surface area contributed by atoms with E-state index >= 15 is 0 Å². The fourth-order valence-corrected chi connectivity index (χ4v) is 4.28. The molecular formula is C33H43N5O8. The molecule has 0 aliphatic carbocycles. The molecule has 0 saturated carbocycles. The van der Waals surface area contributed by atoms with Gasteiger partial charge in [0.1, 0.15) is 22.9 Å². The molecule has 13 nitrogen and oxygen atoms in total. The third-order valence-corrected chi connectivity index (χ3v) is 6.49. The Kier molecular flexibility index (Phi) is 12.3. The molecule has 248 valence electrons. The van der Waals surface area contributed by atoms with E-state index in [2.05, 4.69) is 20.9 Å². The maximum absolute atomic E-state index is 13.5. The molecule has 0 spiro atoms. The van der Waals surface area contributed by atoms with Crippen LogP contribution in [0.4, 0.5) is 10.6 Å². The predicted molar refractivity (Wildman–Crippen MR) is 170 cm³/mol. The number of ether oxygens (including phenoxy) is 4. The van der Waals surface area contributed by atoms with Gasteiger partial charge in [-0.3, -0.25) is 9.59 Å². The van der Waals surface area contributed by atoms with Crippen molar-refractivity contribution >= 4 is 29.7 Å². The van der Waals surface area contributed by atoms with Gasteiger partial charge in [-0.05, 0) is 53.2 Å². The molecule has 1 unspecified atom stereocenters. The number of alkyl carbamates (subject to hydrolysis) is 1. The molecule has 0 aliphatic heterocycles. The lowest BCUT2D eigenvalue weighted by Crippen LogP contribution is -2.59. The van der Waals surface area contributed by atoms with Gasteiger partial charge < -0.3 is 39.5 Å². The summed E-state index contributed by atoms with van der Waals surface area (Å²) in [6, 6.07) is 14.2. The first-order valence-corrected chi connectivity index (χ1v) is 14.8. The highest BCUT2D eigenvalue weighted by atomic mass is 16.6. The molecule has 0 radical (unpaired) electrons. The highest BCUT2D eigenvalue weighted by Gasteiger charge is 2.35. The van der Waals surface area contributed by atoms with E-state index in [4.69, 9.17) is 18.9 Å². The summed E-state index contributed by atoms with van der Waals surface area (Å²) in [5, 5.41) is 7.89. The van der Waals surface area contributed by atoms with Gasteiger partial charge in [0.15, 0.2) is 11.9 Å². The van der Waals surface area contributed by atoms with Crippen LogP contribution in [0.15, 0.2) is 67.1 Å². The van der Waals surface area contributed by atoms with Crippen molar-refractivity contribution < 1.29 is 38.1 Å². The Morgan fingerprint density at radius 1 is 0.957 bits per heavy atom. The van der Waals surface area contributed by atoms with E-state index in [0.717, 1.165) is 5.56 Å². The Hall–Kier alpha value is -4.91. The number of rotatable bonds is 14. The van der Waals surface area contributed by atoms with Gasteiger partial charge in [-0.2, -0.15) is 0 Å². The summed E-state index contributed by atoms with van der Waals surface area (Å²) in [5.74, 6) is -1.24. The maximum Gasteiger partial charge on any atom is 0.408 e. The molecule has 46 heavy (non-hydrogen) atoms. The van der Waals surface area contributed by atoms with E-state index in [9.17, 15) is 19.2 Å². The quantitative estimate of drug-likeness (QED) is 0.222. The molecule has 1 aromatic heterocycles. The molecule has 3 rings (SSSR count). The van der Waals surface area contributed by atoms with E-state index in [-0.39, 0.29) is 25.6 Å². The fourth-order valence-electron chi connectivity index (χ4n) is 4.28. The van der Waals surface area contributed by atoms with E-state index in [0.29, 0.717) is 11.3 Å². The van der Waals surface area contributed by atoms with Crippen LogP contribution >= 0.6 is 0 Å². The van der Waals surface area contributed by atoms with Crippen LogP contribution in [0, 0.1) is 0 Å². The highest BCUT2D eigenvalue weighted by molar-refractivity contribution is 5.98. The Morgan fingerprint density at radius 3 is 2.28 bits per heavy atom. The number of para-hydroxylation sites is 1. The summed E-state index contributed by atoms with van der Waals surface area (Å²) in [5.41, 5.74) is -0.798. The molecule has 2 atom stereocenters. The van der Waals surface area contributed by atoms with Crippen LogP contribution in [0.3, 0.4) is 0 Å². The molecule has 3 N–H and O–H groups in total. The molecule has 0 aliphatic rings. The van der Waals surface area contributed by atoms with Gasteiger partial charge in [0, 0.05) is 11.8 Å². The van der Waals surface area contributed by atoms with Crippen LogP contribution < -0.4 is 20.7 Å². The fraction of sp³-hybridized carbons (Fsp3) is 0.424. The summed E-state index contributed by atoms with van der Waals surface area (Å²) in [4.78, 5) is 56.5. The zero-order valence-corrected chi connectivity index (χ0v) is 27.3. The molecule has 0 bridgehead atoms. The highest BCUT2D eigenvalue weighted by Crippen LogP contribution is 2.29. The van der Waals surface area contributed by atoms with Gasteiger partial charge in [0.25, 0.3) is 5.91 Å². The molecule has 3 amide bonds. The Balaban J connectivity index is 1.81. The van der Waals surface area contributed by atoms with Crippen molar-refractivity contribution in [2.75, 3.05) is 25.6 Å². The second kappa shape index (κ2) is 15.9. The number of hydrogen-bond acceptors (Lipinski definition) is 9. The van der Waals surface area contributed by atoms with Crippen LogP contribution in [-0.2, 0) is 35.2 Å². The first kappa shape index (κ1) is 35.6. The lowest BCUT2D eigenvalue weighted by Gasteiger charge is -2.29. The normalized spacial score (nSPS) is 12.8. The predicted octanol–water partition coefficient (Wildman–Crippen LogP) is 3.99. The number of carbonyl (C=O) groups excluding carboxylic acids is 4. The van der Waals surface area contributed by atoms with Gasteiger partial charge in [-0.25, -0.2) is 14.6 Å². The Bertz CT molecular complexity index is 1480. The monoisotopic (exact) mass is 637 g/mol. The molecule has 0 saturated heterocycles. The SMILES string of the molecule is CCOC(=O)C(c1ccccc1OC)n1cnc(NC(=O)[C@@H](COCc2ccccc2)NC(=O)C(C)(C)NC(=O)OC(C)(C)C)c1. The van der Waals surface area contributed by atoms with Crippen molar-refractivity contribution in [3.8, 4) is 5.75 Å². The number of hydrogen-bond donors (Lipinski definition) is 3. The van der Waals surface area contributed by atoms with E-state index in [1.807, 2.05) is 30.3 Å². The van der Waals surface area contributed by atoms with Gasteiger partial charge in [0.05, 0.1) is 33.3 Å². The molecule has 3 aromatic rings. The number of methoxy groups -OCH3 is 1. The molecule has 0 fully saturated rings. The van der Waals surface area contributed by atoms with Crippen LogP contribution in [-0.4, -0.2) is 70.9 Å². The van der Waals surface area contributed by atoms with Crippen LogP contribution in [0.1, 0.15) is 58.7 Å². The molecule has 13 heteroatoms. The number of aromatic nitrogens is 2. The summed E-state index contributed by atoms with van der Waals surface area (Å²) in [6.07, 6.45) is 2.08. The zero-order valence-electron chi connectivity index (χ0n) is 27.3. The van der Waals surface area contributed by atoms with Gasteiger partial charge in [-0.1, -0.05) is 48.5 Å². The van der Waals surface area contributed by atoms with E-state index in [1.54, 1.807) is 52.0 Å². The van der Waals surface area contributed by atoms with Crippen molar-refractivity contribution in [2.45, 2.75) is 71.4 Å². The smallest absolute Gasteiger partial charge is 0.408 e. The van der Waals surface area contributed by atoms with Crippen molar-refractivity contribution in [3.63, 3.8) is 0 Å². The van der Waals surface area contributed by atoms with E-state index in [1.165, 1.54) is 38.0 Å².